The van der Waals surface area contributed by atoms with Crippen LogP contribution in [0.5, 0.6) is 0 Å². The Hall–Kier alpha value is -1.51. The Morgan fingerprint density at radius 2 is 2.28 bits per heavy atom. The minimum Gasteiger partial charge on any atom is -0.476 e. The van der Waals surface area contributed by atoms with Gasteiger partial charge in [-0.25, -0.2) is 9.78 Å². The molecule has 1 N–H and O–H groups in total. The average molecular weight is 284 g/mol. The maximum Gasteiger partial charge on any atom is 0.356 e. The molecule has 0 amide bonds. The minimum atomic E-state index is -1.17. The van der Waals surface area contributed by atoms with Crippen LogP contribution in [0.25, 0.3) is 0 Å². The summed E-state index contributed by atoms with van der Waals surface area (Å²) in [5.74, 6) is 5.14. The summed E-state index contributed by atoms with van der Waals surface area (Å²) in [5, 5.41) is 8.86. The standard InChI is InChI=1S/C12H10ClNO3S/c1-8(15)18-5-3-2-4-9-6-10(13)11(12(16)17)14-7-9/h6-7H,3,5H2,1H3,(H,16,17). The van der Waals surface area contributed by atoms with E-state index in [0.29, 0.717) is 17.7 Å². The third-order valence-corrected chi connectivity index (χ3v) is 2.91. The van der Waals surface area contributed by atoms with Crippen LogP contribution < -0.4 is 0 Å². The number of pyridine rings is 1. The highest BCUT2D eigenvalue weighted by molar-refractivity contribution is 8.13. The van der Waals surface area contributed by atoms with Gasteiger partial charge in [0.2, 0.25) is 0 Å². The van der Waals surface area contributed by atoms with Gasteiger partial charge in [-0.1, -0.05) is 35.2 Å². The van der Waals surface area contributed by atoms with Crippen LogP contribution in [0.1, 0.15) is 29.4 Å². The van der Waals surface area contributed by atoms with Gasteiger partial charge in [-0.05, 0) is 6.07 Å². The lowest BCUT2D eigenvalue weighted by Gasteiger charge is -1.97. The molecule has 0 saturated heterocycles. The van der Waals surface area contributed by atoms with Gasteiger partial charge in [-0.2, -0.15) is 0 Å². The lowest BCUT2D eigenvalue weighted by Crippen LogP contribution is -2.01. The number of thioether (sulfide) groups is 1. The lowest BCUT2D eigenvalue weighted by atomic mass is 10.2. The first-order valence-corrected chi connectivity index (χ1v) is 6.38. The van der Waals surface area contributed by atoms with Gasteiger partial charge in [0.05, 0.1) is 5.02 Å². The molecule has 1 aromatic rings. The maximum absolute atomic E-state index is 10.7. The van der Waals surface area contributed by atoms with Gasteiger partial charge in [0.1, 0.15) is 0 Å². The van der Waals surface area contributed by atoms with E-state index in [-0.39, 0.29) is 15.8 Å². The highest BCUT2D eigenvalue weighted by Gasteiger charge is 2.09. The Balaban J connectivity index is 2.64. The van der Waals surface area contributed by atoms with Gasteiger partial charge in [-0.15, -0.1) is 0 Å². The zero-order valence-corrected chi connectivity index (χ0v) is 11.1. The molecular formula is C12H10ClNO3S. The number of hydrogen-bond donors (Lipinski definition) is 1. The number of carboxylic acid groups (broad SMARTS) is 1. The fourth-order valence-electron chi connectivity index (χ4n) is 1.07. The summed E-state index contributed by atoms with van der Waals surface area (Å²) in [6.45, 7) is 1.51. The van der Waals surface area contributed by atoms with Crippen molar-refractivity contribution in [1.29, 1.82) is 0 Å². The van der Waals surface area contributed by atoms with Crippen LogP contribution in [0, 0.1) is 11.8 Å². The molecule has 0 aliphatic rings. The van der Waals surface area contributed by atoms with Crippen LogP contribution in [0.3, 0.4) is 0 Å². The first-order chi connectivity index (χ1) is 8.50. The molecule has 4 nitrogen and oxygen atoms in total. The quantitative estimate of drug-likeness (QED) is 0.682. The molecule has 1 rings (SSSR count). The third-order valence-electron chi connectivity index (χ3n) is 1.81. The topological polar surface area (TPSA) is 67.3 Å². The van der Waals surface area contributed by atoms with E-state index in [2.05, 4.69) is 16.8 Å². The van der Waals surface area contributed by atoms with E-state index in [0.717, 1.165) is 0 Å². The zero-order valence-electron chi connectivity index (χ0n) is 9.57. The molecule has 0 spiro atoms. The molecule has 0 saturated carbocycles. The summed E-state index contributed by atoms with van der Waals surface area (Å²) in [5.41, 5.74) is 0.368. The largest absolute Gasteiger partial charge is 0.476 e. The molecule has 0 atom stereocenters. The molecule has 0 radical (unpaired) electrons. The van der Waals surface area contributed by atoms with Gasteiger partial charge in [0.25, 0.3) is 0 Å². The molecule has 0 bridgehead atoms. The van der Waals surface area contributed by atoms with E-state index >= 15 is 0 Å². The number of aromatic carboxylic acids is 1. The van der Waals surface area contributed by atoms with Crippen LogP contribution in [0.4, 0.5) is 0 Å². The predicted octanol–water partition coefficient (Wildman–Crippen LogP) is 2.45. The monoisotopic (exact) mass is 283 g/mol. The Morgan fingerprint density at radius 1 is 1.56 bits per heavy atom. The van der Waals surface area contributed by atoms with Gasteiger partial charge in [0.15, 0.2) is 10.8 Å². The van der Waals surface area contributed by atoms with Gasteiger partial charge < -0.3 is 5.11 Å². The van der Waals surface area contributed by atoms with Crippen molar-refractivity contribution >= 4 is 34.4 Å². The van der Waals surface area contributed by atoms with E-state index in [9.17, 15) is 9.59 Å². The number of carbonyl (C=O) groups is 2. The van der Waals surface area contributed by atoms with Crippen molar-refractivity contribution in [2.75, 3.05) is 5.75 Å². The first kappa shape index (κ1) is 14.6. The summed E-state index contributed by atoms with van der Waals surface area (Å²) >= 11 is 6.96. The Bertz CT molecular complexity index is 534. The third kappa shape index (κ3) is 4.78. The van der Waals surface area contributed by atoms with Crippen LogP contribution >= 0.6 is 23.4 Å². The Kier molecular flexibility index (Phi) is 5.69. The van der Waals surface area contributed by atoms with Crippen molar-refractivity contribution in [2.45, 2.75) is 13.3 Å². The van der Waals surface area contributed by atoms with Crippen molar-refractivity contribution in [3.05, 3.63) is 28.5 Å². The molecule has 0 fully saturated rings. The zero-order chi connectivity index (χ0) is 13.5. The highest BCUT2D eigenvalue weighted by atomic mass is 35.5. The Labute approximate surface area is 114 Å². The predicted molar refractivity (Wildman–Crippen MR) is 70.8 cm³/mol. The number of hydrogen-bond acceptors (Lipinski definition) is 4. The molecule has 1 heterocycles. The summed E-state index contributed by atoms with van der Waals surface area (Å²) < 4.78 is 0. The van der Waals surface area contributed by atoms with Crippen LogP contribution in [-0.2, 0) is 4.79 Å². The molecular weight excluding hydrogens is 274 g/mol. The SMILES string of the molecule is CC(=O)SCCC#Cc1cnc(C(=O)O)c(Cl)c1. The minimum absolute atomic E-state index is 0.0623. The van der Waals surface area contributed by atoms with E-state index in [1.807, 2.05) is 0 Å². The summed E-state index contributed by atoms with van der Waals surface area (Å²) in [7, 11) is 0. The number of carbonyl (C=O) groups excluding carboxylic acids is 1. The molecule has 0 aromatic carbocycles. The molecule has 18 heavy (non-hydrogen) atoms. The van der Waals surface area contributed by atoms with Crippen molar-refractivity contribution < 1.29 is 14.7 Å². The number of halogens is 1. The molecule has 0 unspecified atom stereocenters. The summed E-state index contributed by atoms with van der Waals surface area (Å²) in [6, 6.07) is 1.46. The summed E-state index contributed by atoms with van der Waals surface area (Å²) in [4.78, 5) is 25.0. The molecule has 1 aromatic heterocycles. The van der Waals surface area contributed by atoms with E-state index in [4.69, 9.17) is 16.7 Å². The fourth-order valence-corrected chi connectivity index (χ4v) is 1.81. The number of rotatable bonds is 3. The molecule has 0 aliphatic carbocycles. The van der Waals surface area contributed by atoms with Gasteiger partial charge in [-0.3, -0.25) is 4.79 Å². The number of aromatic nitrogens is 1. The molecule has 94 valence electrons. The lowest BCUT2D eigenvalue weighted by molar-refractivity contribution is -0.109. The second-order valence-corrected chi connectivity index (χ2v) is 4.93. The van der Waals surface area contributed by atoms with Gasteiger partial charge in [0, 0.05) is 30.9 Å². The maximum atomic E-state index is 10.7. The molecule has 6 heteroatoms. The second-order valence-electron chi connectivity index (χ2n) is 3.25. The van der Waals surface area contributed by atoms with Gasteiger partial charge >= 0.3 is 5.97 Å². The van der Waals surface area contributed by atoms with Crippen molar-refractivity contribution in [1.82, 2.24) is 4.98 Å². The van der Waals surface area contributed by atoms with Crippen LogP contribution in [-0.4, -0.2) is 26.9 Å². The number of carboxylic acids is 1. The van der Waals surface area contributed by atoms with Crippen molar-refractivity contribution in [3.8, 4) is 11.8 Å². The van der Waals surface area contributed by atoms with E-state index in [1.54, 1.807) is 0 Å². The molecule has 0 aliphatic heterocycles. The first-order valence-electron chi connectivity index (χ1n) is 5.02. The van der Waals surface area contributed by atoms with Crippen LogP contribution in [0.15, 0.2) is 12.3 Å². The van der Waals surface area contributed by atoms with E-state index < -0.39 is 5.97 Å². The van der Waals surface area contributed by atoms with Crippen molar-refractivity contribution in [2.24, 2.45) is 0 Å². The number of nitrogens with zero attached hydrogens (tertiary/aromatic N) is 1. The Morgan fingerprint density at radius 3 is 2.83 bits per heavy atom. The second kappa shape index (κ2) is 7.04. The normalized spacial score (nSPS) is 9.44. The van der Waals surface area contributed by atoms with Crippen LogP contribution in [0.2, 0.25) is 5.02 Å². The average Bonchev–Trinajstić information content (AvgIpc) is 2.27. The highest BCUT2D eigenvalue weighted by Crippen LogP contribution is 2.14. The fraction of sp³-hybridized carbons (Fsp3) is 0.250. The smallest absolute Gasteiger partial charge is 0.356 e. The van der Waals surface area contributed by atoms with Crippen molar-refractivity contribution in [3.63, 3.8) is 0 Å². The summed E-state index contributed by atoms with van der Waals surface area (Å²) in [6.07, 6.45) is 1.93. The van der Waals surface area contributed by atoms with E-state index in [1.165, 1.54) is 30.9 Å².